The van der Waals surface area contributed by atoms with E-state index in [-0.39, 0.29) is 35.0 Å². The summed E-state index contributed by atoms with van der Waals surface area (Å²) in [5.74, 6) is 0.403. The Morgan fingerprint density at radius 2 is 1.90 bits per heavy atom. The molecule has 0 bridgehead atoms. The van der Waals surface area contributed by atoms with Crippen molar-refractivity contribution in [3.63, 3.8) is 0 Å². The number of rotatable bonds is 7. The molecular formula is C23H28N4O4. The van der Waals surface area contributed by atoms with Crippen LogP contribution in [0.15, 0.2) is 39.9 Å². The molecule has 0 saturated heterocycles. The van der Waals surface area contributed by atoms with Gasteiger partial charge in [-0.1, -0.05) is 45.9 Å². The number of amides is 1. The average Bonchev–Trinajstić information content (AvgIpc) is 2.73. The minimum Gasteiger partial charge on any atom is -0.496 e. The maximum atomic E-state index is 13.2. The Morgan fingerprint density at radius 3 is 2.55 bits per heavy atom. The van der Waals surface area contributed by atoms with E-state index in [1.54, 1.807) is 13.2 Å². The van der Waals surface area contributed by atoms with Crippen LogP contribution in [-0.4, -0.2) is 27.6 Å². The summed E-state index contributed by atoms with van der Waals surface area (Å²) in [6.45, 7) is 8.44. The Kier molecular flexibility index (Phi) is 6.58. The largest absolute Gasteiger partial charge is 0.496 e. The van der Waals surface area contributed by atoms with Crippen molar-refractivity contribution in [3.05, 3.63) is 68.0 Å². The summed E-state index contributed by atoms with van der Waals surface area (Å²) < 4.78 is 6.77. The fourth-order valence-electron chi connectivity index (χ4n) is 3.42. The maximum Gasteiger partial charge on any atom is 0.330 e. The fourth-order valence-corrected chi connectivity index (χ4v) is 3.42. The van der Waals surface area contributed by atoms with Gasteiger partial charge in [-0.25, -0.2) is 9.78 Å². The number of H-pyrrole nitrogens is 1. The number of carbonyl (C=O) groups is 1. The predicted octanol–water partition coefficient (Wildman–Crippen LogP) is 2.80. The van der Waals surface area contributed by atoms with Crippen molar-refractivity contribution in [2.45, 2.75) is 46.7 Å². The molecule has 0 spiro atoms. The number of nitrogens with one attached hydrogen (secondary N) is 2. The lowest BCUT2D eigenvalue weighted by Gasteiger charge is -2.16. The van der Waals surface area contributed by atoms with Crippen molar-refractivity contribution in [2.75, 3.05) is 7.11 Å². The van der Waals surface area contributed by atoms with Crippen LogP contribution < -0.4 is 21.3 Å². The van der Waals surface area contributed by atoms with Gasteiger partial charge in [-0.15, -0.1) is 0 Å². The Bertz CT molecular complexity index is 1220. The van der Waals surface area contributed by atoms with Crippen LogP contribution in [0.2, 0.25) is 0 Å². The standard InChI is InChI=1S/C23H28N4O4/c1-13(2)12-27-20-19(22(29)26-23(27)30)16(10-17(25-20)14(3)4)21(28)24-11-15-8-6-7-9-18(15)31-5/h6-10,13-14H,11-12H2,1-5H3,(H,24,28)(H,26,29,30). The highest BCUT2D eigenvalue weighted by Crippen LogP contribution is 2.21. The number of methoxy groups -OCH3 is 1. The third-order valence-corrected chi connectivity index (χ3v) is 4.98. The molecule has 2 N–H and O–H groups in total. The molecule has 8 nitrogen and oxygen atoms in total. The molecule has 1 amide bonds. The van der Waals surface area contributed by atoms with Crippen LogP contribution >= 0.6 is 0 Å². The number of hydrogen-bond donors (Lipinski definition) is 2. The van der Waals surface area contributed by atoms with Crippen LogP contribution in [0, 0.1) is 5.92 Å². The van der Waals surface area contributed by atoms with Crippen LogP contribution in [0.25, 0.3) is 11.0 Å². The lowest BCUT2D eigenvalue weighted by atomic mass is 10.0. The van der Waals surface area contributed by atoms with Gasteiger partial charge in [0.15, 0.2) is 5.65 Å². The third-order valence-electron chi connectivity index (χ3n) is 4.98. The van der Waals surface area contributed by atoms with Crippen LogP contribution in [0.1, 0.15) is 55.2 Å². The SMILES string of the molecule is COc1ccccc1CNC(=O)c1cc(C(C)C)nc2c1c(=O)[nH]c(=O)n2CC(C)C. The van der Waals surface area contributed by atoms with Gasteiger partial charge in [-0.2, -0.15) is 0 Å². The quantitative estimate of drug-likeness (QED) is 0.607. The van der Waals surface area contributed by atoms with E-state index in [0.29, 0.717) is 18.0 Å². The fraction of sp³-hybridized carbons (Fsp3) is 0.391. The molecule has 0 unspecified atom stereocenters. The number of fused-ring (bicyclic) bond motifs is 1. The van der Waals surface area contributed by atoms with Gasteiger partial charge in [0.2, 0.25) is 0 Å². The zero-order valence-corrected chi connectivity index (χ0v) is 18.5. The Hall–Kier alpha value is -3.42. The van der Waals surface area contributed by atoms with Crippen LogP contribution in [-0.2, 0) is 13.1 Å². The van der Waals surface area contributed by atoms with E-state index in [0.717, 1.165) is 5.56 Å². The lowest BCUT2D eigenvalue weighted by Crippen LogP contribution is -2.34. The molecular weight excluding hydrogens is 396 g/mol. The predicted molar refractivity (Wildman–Crippen MR) is 120 cm³/mol. The van der Waals surface area contributed by atoms with Crippen molar-refractivity contribution in [1.82, 2.24) is 19.9 Å². The number of para-hydroxylation sites is 1. The number of aromatic nitrogens is 3. The van der Waals surface area contributed by atoms with Crippen LogP contribution in [0.3, 0.4) is 0 Å². The van der Waals surface area contributed by atoms with Gasteiger partial charge in [0.1, 0.15) is 5.75 Å². The van der Waals surface area contributed by atoms with E-state index < -0.39 is 17.2 Å². The first-order chi connectivity index (χ1) is 14.7. The van der Waals surface area contributed by atoms with Gasteiger partial charge in [0, 0.05) is 24.3 Å². The molecule has 0 saturated carbocycles. The van der Waals surface area contributed by atoms with Crippen molar-refractivity contribution >= 4 is 16.9 Å². The second-order valence-electron chi connectivity index (χ2n) is 8.21. The van der Waals surface area contributed by atoms with Crippen molar-refractivity contribution in [3.8, 4) is 5.75 Å². The molecule has 0 aliphatic carbocycles. The zero-order valence-electron chi connectivity index (χ0n) is 18.5. The van der Waals surface area contributed by atoms with E-state index >= 15 is 0 Å². The molecule has 3 aromatic rings. The minimum atomic E-state index is -0.620. The molecule has 164 valence electrons. The minimum absolute atomic E-state index is 0.00653. The summed E-state index contributed by atoms with van der Waals surface area (Å²) in [6.07, 6.45) is 0. The van der Waals surface area contributed by atoms with Crippen LogP contribution in [0.4, 0.5) is 0 Å². The molecule has 2 heterocycles. The molecule has 0 radical (unpaired) electrons. The topological polar surface area (TPSA) is 106 Å². The van der Waals surface area contributed by atoms with E-state index in [2.05, 4.69) is 15.3 Å². The smallest absolute Gasteiger partial charge is 0.330 e. The number of benzene rings is 1. The Balaban J connectivity index is 2.13. The third kappa shape index (κ3) is 4.68. The number of aromatic amines is 1. The van der Waals surface area contributed by atoms with Gasteiger partial charge in [-0.05, 0) is 24.0 Å². The highest BCUT2D eigenvalue weighted by Gasteiger charge is 2.21. The van der Waals surface area contributed by atoms with Crippen molar-refractivity contribution < 1.29 is 9.53 Å². The van der Waals surface area contributed by atoms with Gasteiger partial charge in [0.05, 0.1) is 18.1 Å². The van der Waals surface area contributed by atoms with E-state index in [9.17, 15) is 14.4 Å². The lowest BCUT2D eigenvalue weighted by molar-refractivity contribution is 0.0952. The molecule has 0 fully saturated rings. The molecule has 0 atom stereocenters. The molecule has 3 rings (SSSR count). The molecule has 8 heteroatoms. The summed E-state index contributed by atoms with van der Waals surface area (Å²) in [6, 6.07) is 9.01. The van der Waals surface area contributed by atoms with Gasteiger partial charge < -0.3 is 10.1 Å². The number of carbonyl (C=O) groups excluding carboxylic acids is 1. The second kappa shape index (κ2) is 9.16. The summed E-state index contributed by atoms with van der Waals surface area (Å²) in [5.41, 5.74) is 0.729. The molecule has 31 heavy (non-hydrogen) atoms. The summed E-state index contributed by atoms with van der Waals surface area (Å²) >= 11 is 0. The van der Waals surface area contributed by atoms with Gasteiger partial charge >= 0.3 is 5.69 Å². The second-order valence-corrected chi connectivity index (χ2v) is 8.21. The number of nitrogens with zero attached hydrogens (tertiary/aromatic N) is 2. The number of pyridine rings is 1. The Morgan fingerprint density at radius 1 is 1.19 bits per heavy atom. The molecule has 1 aromatic carbocycles. The first-order valence-electron chi connectivity index (χ1n) is 10.3. The summed E-state index contributed by atoms with van der Waals surface area (Å²) in [5, 5.41) is 2.98. The van der Waals surface area contributed by atoms with Crippen LogP contribution in [0.5, 0.6) is 5.75 Å². The highest BCUT2D eigenvalue weighted by atomic mass is 16.5. The highest BCUT2D eigenvalue weighted by molar-refractivity contribution is 6.05. The van der Waals surface area contributed by atoms with E-state index in [1.165, 1.54) is 4.57 Å². The van der Waals surface area contributed by atoms with Crippen molar-refractivity contribution in [1.29, 1.82) is 0 Å². The normalized spacial score (nSPS) is 11.3. The van der Waals surface area contributed by atoms with E-state index in [1.807, 2.05) is 52.0 Å². The zero-order chi connectivity index (χ0) is 22.7. The first-order valence-corrected chi connectivity index (χ1v) is 10.3. The van der Waals surface area contributed by atoms with Gasteiger partial charge in [-0.3, -0.25) is 19.1 Å². The first kappa shape index (κ1) is 22.3. The maximum absolute atomic E-state index is 13.2. The molecule has 0 aliphatic heterocycles. The number of ether oxygens (including phenoxy) is 1. The summed E-state index contributed by atoms with van der Waals surface area (Å²) in [7, 11) is 1.57. The van der Waals surface area contributed by atoms with Gasteiger partial charge in [0.25, 0.3) is 11.5 Å². The average molecular weight is 425 g/mol. The Labute approximate surface area is 180 Å². The molecule has 2 aromatic heterocycles. The summed E-state index contributed by atoms with van der Waals surface area (Å²) in [4.78, 5) is 45.3. The van der Waals surface area contributed by atoms with E-state index in [4.69, 9.17) is 4.74 Å². The number of hydrogen-bond acceptors (Lipinski definition) is 5. The van der Waals surface area contributed by atoms with Crippen molar-refractivity contribution in [2.24, 2.45) is 5.92 Å². The molecule has 0 aliphatic rings. The monoisotopic (exact) mass is 424 g/mol.